The first-order valence-corrected chi connectivity index (χ1v) is 11.3. The first-order chi connectivity index (χ1) is 16.1. The van der Waals surface area contributed by atoms with E-state index in [0.717, 1.165) is 39.7 Å². The van der Waals surface area contributed by atoms with Crippen LogP contribution in [0.1, 0.15) is 50.2 Å². The summed E-state index contributed by atoms with van der Waals surface area (Å²) >= 11 is 0. The molecule has 0 radical (unpaired) electrons. The molecular weight excluding hydrogens is 428 g/mol. The third-order valence-corrected chi connectivity index (χ3v) is 6.52. The summed E-state index contributed by atoms with van der Waals surface area (Å²) in [7, 11) is 7.08. The molecule has 180 valence electrons. The van der Waals surface area contributed by atoms with Crippen LogP contribution in [-0.4, -0.2) is 35.1 Å². The number of primary amides is 1. The topological polar surface area (TPSA) is 91.3 Å². The van der Waals surface area contributed by atoms with Crippen molar-refractivity contribution in [3.8, 4) is 5.75 Å². The van der Waals surface area contributed by atoms with Gasteiger partial charge in [-0.2, -0.15) is 0 Å². The highest BCUT2D eigenvalue weighted by Gasteiger charge is 2.20. The molecule has 0 fully saturated rings. The van der Waals surface area contributed by atoms with E-state index in [1.807, 2.05) is 55.3 Å². The second kappa shape index (κ2) is 9.63. The normalized spacial score (nSPS) is 10.8. The standard InChI is InChI=1S/C14H18N2O.C13H16N2O2/c1-5-10-7-6-9(2)13-11(10)8-12(16(13)4)14(17)15-3;1-7-5-6-9(17-4)10-8(2)12(13(14)16)15(3)11(7)10/h6-8H,5H2,1-4H3,(H,15,17);5-6H,1-4H3,(H2,14,16). The largest absolute Gasteiger partial charge is 0.496 e. The van der Waals surface area contributed by atoms with Crippen LogP contribution < -0.4 is 15.8 Å². The van der Waals surface area contributed by atoms with Crippen molar-refractivity contribution in [2.24, 2.45) is 19.8 Å². The molecule has 0 spiro atoms. The number of aryl methyl sites for hydroxylation is 6. The summed E-state index contributed by atoms with van der Waals surface area (Å²) in [6.07, 6.45) is 0.980. The highest BCUT2D eigenvalue weighted by atomic mass is 16.5. The van der Waals surface area contributed by atoms with Crippen LogP contribution in [0.4, 0.5) is 0 Å². The van der Waals surface area contributed by atoms with E-state index in [0.29, 0.717) is 11.4 Å². The molecule has 7 nitrogen and oxygen atoms in total. The molecule has 2 amide bonds. The minimum Gasteiger partial charge on any atom is -0.496 e. The molecule has 2 aromatic carbocycles. The van der Waals surface area contributed by atoms with Crippen LogP contribution in [-0.2, 0) is 20.5 Å². The minimum atomic E-state index is -0.414. The van der Waals surface area contributed by atoms with E-state index >= 15 is 0 Å². The van der Waals surface area contributed by atoms with Gasteiger partial charge in [0.1, 0.15) is 17.1 Å². The number of rotatable bonds is 4. The summed E-state index contributed by atoms with van der Waals surface area (Å²) < 4.78 is 9.16. The first-order valence-electron chi connectivity index (χ1n) is 11.3. The number of ether oxygens (including phenoxy) is 1. The van der Waals surface area contributed by atoms with Crippen LogP contribution in [0.5, 0.6) is 5.75 Å². The van der Waals surface area contributed by atoms with E-state index in [1.54, 1.807) is 14.2 Å². The number of amides is 2. The quantitative estimate of drug-likeness (QED) is 0.473. The number of aromatic nitrogens is 2. The molecule has 0 aliphatic heterocycles. The van der Waals surface area contributed by atoms with Crippen LogP contribution in [0.2, 0.25) is 0 Å². The molecule has 34 heavy (non-hydrogen) atoms. The zero-order valence-corrected chi connectivity index (χ0v) is 21.3. The number of carbonyl (C=O) groups excluding carboxylic acids is 2. The van der Waals surface area contributed by atoms with Crippen LogP contribution in [0.25, 0.3) is 21.8 Å². The molecule has 0 atom stereocenters. The lowest BCUT2D eigenvalue weighted by Gasteiger charge is -2.06. The Morgan fingerprint density at radius 3 is 2.18 bits per heavy atom. The van der Waals surface area contributed by atoms with Gasteiger partial charge in [0, 0.05) is 31.9 Å². The summed E-state index contributed by atoms with van der Waals surface area (Å²) in [5, 5.41) is 4.83. The second-order valence-electron chi connectivity index (χ2n) is 8.53. The third kappa shape index (κ3) is 4.02. The summed E-state index contributed by atoms with van der Waals surface area (Å²) in [5.74, 6) is 0.319. The van der Waals surface area contributed by atoms with Crippen LogP contribution in [0, 0.1) is 20.8 Å². The number of nitrogens with zero attached hydrogens (tertiary/aromatic N) is 2. The van der Waals surface area contributed by atoms with Gasteiger partial charge in [0.25, 0.3) is 11.8 Å². The number of nitrogens with one attached hydrogen (secondary N) is 1. The van der Waals surface area contributed by atoms with E-state index in [-0.39, 0.29) is 5.91 Å². The molecule has 4 aromatic rings. The van der Waals surface area contributed by atoms with Crippen molar-refractivity contribution in [1.82, 2.24) is 14.5 Å². The summed E-state index contributed by atoms with van der Waals surface area (Å²) in [4.78, 5) is 23.3. The number of hydrogen-bond acceptors (Lipinski definition) is 3. The Morgan fingerprint density at radius 2 is 1.62 bits per heavy atom. The maximum atomic E-state index is 11.8. The van der Waals surface area contributed by atoms with Gasteiger partial charge in [-0.3, -0.25) is 9.59 Å². The number of hydrogen-bond donors (Lipinski definition) is 2. The number of methoxy groups -OCH3 is 1. The van der Waals surface area contributed by atoms with Crippen molar-refractivity contribution in [3.05, 3.63) is 64.0 Å². The lowest BCUT2D eigenvalue weighted by atomic mass is 10.0. The van der Waals surface area contributed by atoms with Crippen molar-refractivity contribution in [2.75, 3.05) is 14.2 Å². The molecule has 2 aromatic heterocycles. The monoisotopic (exact) mass is 462 g/mol. The number of nitrogens with two attached hydrogens (primary N) is 1. The molecule has 0 bridgehead atoms. The van der Waals surface area contributed by atoms with Gasteiger partial charge >= 0.3 is 0 Å². The fourth-order valence-corrected chi connectivity index (χ4v) is 4.85. The molecule has 4 rings (SSSR count). The van der Waals surface area contributed by atoms with Gasteiger partial charge in [-0.15, -0.1) is 0 Å². The number of fused-ring (bicyclic) bond motifs is 2. The van der Waals surface area contributed by atoms with Crippen molar-refractivity contribution >= 4 is 33.6 Å². The van der Waals surface area contributed by atoms with Crippen LogP contribution >= 0.6 is 0 Å². The number of carbonyl (C=O) groups is 2. The van der Waals surface area contributed by atoms with Crippen LogP contribution in [0.3, 0.4) is 0 Å². The van der Waals surface area contributed by atoms with E-state index in [4.69, 9.17) is 10.5 Å². The van der Waals surface area contributed by atoms with E-state index in [2.05, 4.69) is 31.3 Å². The van der Waals surface area contributed by atoms with Gasteiger partial charge in [0.2, 0.25) is 0 Å². The smallest absolute Gasteiger partial charge is 0.267 e. The van der Waals surface area contributed by atoms with Gasteiger partial charge in [0.15, 0.2) is 0 Å². The molecule has 3 N–H and O–H groups in total. The predicted molar refractivity (Wildman–Crippen MR) is 138 cm³/mol. The average Bonchev–Trinajstić information content (AvgIpc) is 3.29. The zero-order chi connectivity index (χ0) is 25.3. The molecule has 0 unspecified atom stereocenters. The summed E-state index contributed by atoms with van der Waals surface area (Å²) in [6, 6.07) is 10.1. The second-order valence-corrected chi connectivity index (χ2v) is 8.53. The fraction of sp³-hybridized carbons (Fsp3) is 0.333. The predicted octanol–water partition coefficient (Wildman–Crippen LogP) is 4.31. The highest BCUT2D eigenvalue weighted by molar-refractivity contribution is 6.03. The van der Waals surface area contributed by atoms with Gasteiger partial charge in [-0.05, 0) is 61.6 Å². The van der Waals surface area contributed by atoms with Crippen molar-refractivity contribution in [1.29, 1.82) is 0 Å². The van der Waals surface area contributed by atoms with Gasteiger partial charge in [0.05, 0.1) is 18.1 Å². The Labute approximate surface area is 200 Å². The lowest BCUT2D eigenvalue weighted by molar-refractivity contribution is 0.0953. The van der Waals surface area contributed by atoms with Crippen LogP contribution in [0.15, 0.2) is 30.3 Å². The molecule has 0 saturated heterocycles. The van der Waals surface area contributed by atoms with E-state index in [1.165, 1.54) is 16.5 Å². The van der Waals surface area contributed by atoms with E-state index < -0.39 is 5.91 Å². The first kappa shape index (κ1) is 24.9. The van der Waals surface area contributed by atoms with Gasteiger partial charge < -0.3 is 24.9 Å². The third-order valence-electron chi connectivity index (χ3n) is 6.52. The Morgan fingerprint density at radius 1 is 1.00 bits per heavy atom. The Hall–Kier alpha value is -3.74. The molecule has 0 saturated carbocycles. The number of benzene rings is 2. The fourth-order valence-electron chi connectivity index (χ4n) is 4.85. The van der Waals surface area contributed by atoms with Crippen molar-refractivity contribution in [3.63, 3.8) is 0 Å². The van der Waals surface area contributed by atoms with Gasteiger partial charge in [-0.1, -0.05) is 25.1 Å². The van der Waals surface area contributed by atoms with E-state index in [9.17, 15) is 9.59 Å². The minimum absolute atomic E-state index is 0.0369. The van der Waals surface area contributed by atoms with Crippen molar-refractivity contribution < 1.29 is 14.3 Å². The highest BCUT2D eigenvalue weighted by Crippen LogP contribution is 2.34. The van der Waals surface area contributed by atoms with Gasteiger partial charge in [-0.25, -0.2) is 0 Å². The lowest BCUT2D eigenvalue weighted by Crippen LogP contribution is -2.20. The molecular formula is C27H34N4O3. The maximum Gasteiger partial charge on any atom is 0.267 e. The summed E-state index contributed by atoms with van der Waals surface area (Å²) in [6.45, 7) is 8.11. The molecule has 0 aliphatic rings. The molecule has 2 heterocycles. The Balaban J connectivity index is 0.000000191. The zero-order valence-electron chi connectivity index (χ0n) is 21.3. The van der Waals surface area contributed by atoms with Crippen molar-refractivity contribution in [2.45, 2.75) is 34.1 Å². The Kier molecular flexibility index (Phi) is 7.05. The average molecular weight is 463 g/mol. The Bertz CT molecular complexity index is 1410. The maximum absolute atomic E-state index is 11.8. The molecule has 7 heteroatoms. The SMILES string of the molecule is CCc1ccc(C)c2c1cc(C(=O)NC)n2C.COc1ccc(C)c2c1c(C)c(C(N)=O)n2C. The summed E-state index contributed by atoms with van der Waals surface area (Å²) in [5.41, 5.74) is 13.3. The molecule has 0 aliphatic carbocycles.